The van der Waals surface area contributed by atoms with Crippen LogP contribution in [0.25, 0.3) is 0 Å². The van der Waals surface area contributed by atoms with Crippen molar-refractivity contribution in [2.75, 3.05) is 46.4 Å². The molecular formula is C18H36N2O2. The van der Waals surface area contributed by atoms with Crippen LogP contribution in [0.1, 0.15) is 46.0 Å². The molecule has 2 saturated heterocycles. The maximum Gasteiger partial charge on any atom is 0.134 e. The van der Waals surface area contributed by atoms with Gasteiger partial charge >= 0.3 is 0 Å². The predicted octanol–water partition coefficient (Wildman–Crippen LogP) is 3.04. The minimum atomic E-state index is 0.121. The molecule has 0 radical (unpaired) electrons. The van der Waals surface area contributed by atoms with E-state index in [0.29, 0.717) is 12.5 Å². The van der Waals surface area contributed by atoms with Crippen LogP contribution < -0.4 is 5.32 Å². The summed E-state index contributed by atoms with van der Waals surface area (Å²) in [5.41, 5.74) is 0. The number of rotatable bonds is 7. The third-order valence-corrected chi connectivity index (χ3v) is 4.10. The third kappa shape index (κ3) is 7.61. The standard InChI is InChI=1S/C15H28N2O2.C3H8/c1-13(14-6-7-16-10-14)19-15(12-18-2)11-17-8-4-3-5-9-17;1-3-2/h14-16H,1,3-12H2,2H3;3H2,1-2H3. The lowest BCUT2D eigenvalue weighted by Gasteiger charge is -2.31. The second-order valence-electron chi connectivity index (χ2n) is 6.42. The molecule has 0 amide bonds. The topological polar surface area (TPSA) is 33.7 Å². The first kappa shape index (κ1) is 19.5. The highest BCUT2D eigenvalue weighted by atomic mass is 16.5. The first-order chi connectivity index (χ1) is 10.7. The fourth-order valence-corrected chi connectivity index (χ4v) is 2.98. The first-order valence-corrected chi connectivity index (χ1v) is 8.98. The van der Waals surface area contributed by atoms with Gasteiger partial charge in [0, 0.05) is 26.1 Å². The molecule has 4 heteroatoms. The molecular weight excluding hydrogens is 276 g/mol. The molecule has 0 spiro atoms. The Hall–Kier alpha value is -0.580. The Morgan fingerprint density at radius 1 is 1.27 bits per heavy atom. The zero-order valence-electron chi connectivity index (χ0n) is 14.9. The molecule has 0 saturated carbocycles. The Bertz CT molecular complexity index is 285. The van der Waals surface area contributed by atoms with Crippen molar-refractivity contribution >= 4 is 0 Å². The van der Waals surface area contributed by atoms with Gasteiger partial charge < -0.3 is 14.8 Å². The molecule has 1 N–H and O–H groups in total. The van der Waals surface area contributed by atoms with Gasteiger partial charge in [0.1, 0.15) is 6.10 Å². The van der Waals surface area contributed by atoms with E-state index in [0.717, 1.165) is 31.8 Å². The average molecular weight is 312 g/mol. The van der Waals surface area contributed by atoms with Crippen LogP contribution in [0.4, 0.5) is 0 Å². The Labute approximate surface area is 137 Å². The number of piperidine rings is 1. The van der Waals surface area contributed by atoms with Gasteiger partial charge in [0.05, 0.1) is 12.4 Å². The van der Waals surface area contributed by atoms with Crippen LogP contribution in [-0.4, -0.2) is 57.4 Å². The molecule has 0 bridgehead atoms. The van der Waals surface area contributed by atoms with Crippen LogP contribution in [0.15, 0.2) is 12.3 Å². The van der Waals surface area contributed by atoms with Crippen LogP contribution >= 0.6 is 0 Å². The van der Waals surface area contributed by atoms with E-state index in [-0.39, 0.29) is 6.10 Å². The Morgan fingerprint density at radius 2 is 1.95 bits per heavy atom. The highest BCUT2D eigenvalue weighted by molar-refractivity contribution is 4.97. The normalized spacial score (nSPS) is 23.5. The number of nitrogens with one attached hydrogen (secondary N) is 1. The lowest BCUT2D eigenvalue weighted by molar-refractivity contribution is 0.00222. The summed E-state index contributed by atoms with van der Waals surface area (Å²) in [6.45, 7) is 14.4. The van der Waals surface area contributed by atoms with Crippen LogP contribution in [0, 0.1) is 5.92 Å². The Kier molecular flexibility index (Phi) is 10.5. The summed E-state index contributed by atoms with van der Waals surface area (Å²) >= 11 is 0. The maximum absolute atomic E-state index is 6.08. The highest BCUT2D eigenvalue weighted by Gasteiger charge is 2.23. The first-order valence-electron chi connectivity index (χ1n) is 8.98. The molecule has 4 nitrogen and oxygen atoms in total. The number of methoxy groups -OCH3 is 1. The average Bonchev–Trinajstić information content (AvgIpc) is 3.04. The van der Waals surface area contributed by atoms with Crippen molar-refractivity contribution in [2.24, 2.45) is 5.92 Å². The zero-order valence-corrected chi connectivity index (χ0v) is 14.9. The van der Waals surface area contributed by atoms with Gasteiger partial charge in [-0.3, -0.25) is 4.90 Å². The van der Waals surface area contributed by atoms with Gasteiger partial charge in [0.2, 0.25) is 0 Å². The summed E-state index contributed by atoms with van der Waals surface area (Å²) in [5.74, 6) is 1.41. The number of hydrogen-bond donors (Lipinski definition) is 1. The van der Waals surface area contributed by atoms with Gasteiger partial charge in [-0.05, 0) is 38.9 Å². The van der Waals surface area contributed by atoms with E-state index in [2.05, 4.69) is 30.6 Å². The second kappa shape index (κ2) is 11.9. The second-order valence-corrected chi connectivity index (χ2v) is 6.42. The largest absolute Gasteiger partial charge is 0.491 e. The lowest BCUT2D eigenvalue weighted by atomic mass is 10.1. The van der Waals surface area contributed by atoms with Gasteiger partial charge in [-0.2, -0.15) is 0 Å². The molecule has 2 fully saturated rings. The summed E-state index contributed by atoms with van der Waals surface area (Å²) in [5, 5.41) is 3.36. The van der Waals surface area contributed by atoms with Gasteiger partial charge in [-0.25, -0.2) is 0 Å². The van der Waals surface area contributed by atoms with Gasteiger partial charge in [-0.1, -0.05) is 33.3 Å². The molecule has 0 aromatic carbocycles. The predicted molar refractivity (Wildman–Crippen MR) is 93.1 cm³/mol. The minimum absolute atomic E-state index is 0.121. The third-order valence-electron chi connectivity index (χ3n) is 4.10. The van der Waals surface area contributed by atoms with Gasteiger partial charge in [0.25, 0.3) is 0 Å². The van der Waals surface area contributed by atoms with Crippen LogP contribution in [0.5, 0.6) is 0 Å². The smallest absolute Gasteiger partial charge is 0.134 e. The number of hydrogen-bond acceptors (Lipinski definition) is 4. The summed E-state index contributed by atoms with van der Waals surface area (Å²) in [4.78, 5) is 2.49. The van der Waals surface area contributed by atoms with E-state index >= 15 is 0 Å². The zero-order chi connectivity index (χ0) is 16.2. The molecule has 22 heavy (non-hydrogen) atoms. The quantitative estimate of drug-likeness (QED) is 0.733. The van der Waals surface area contributed by atoms with Crippen molar-refractivity contribution in [1.82, 2.24) is 10.2 Å². The van der Waals surface area contributed by atoms with Crippen molar-refractivity contribution in [3.63, 3.8) is 0 Å². The summed E-state index contributed by atoms with van der Waals surface area (Å²) in [6.07, 6.45) is 6.51. The fourth-order valence-electron chi connectivity index (χ4n) is 2.98. The van der Waals surface area contributed by atoms with E-state index in [4.69, 9.17) is 9.47 Å². The molecule has 130 valence electrons. The number of likely N-dealkylation sites (tertiary alicyclic amines) is 1. The summed E-state index contributed by atoms with van der Waals surface area (Å²) in [7, 11) is 1.74. The van der Waals surface area contributed by atoms with Crippen molar-refractivity contribution in [3.8, 4) is 0 Å². The summed E-state index contributed by atoms with van der Waals surface area (Å²) < 4.78 is 11.4. The van der Waals surface area contributed by atoms with E-state index in [1.54, 1.807) is 7.11 Å². The molecule has 2 atom stereocenters. The molecule has 0 aromatic heterocycles. The van der Waals surface area contributed by atoms with E-state index < -0.39 is 0 Å². The molecule has 2 rings (SSSR count). The van der Waals surface area contributed by atoms with Crippen LogP contribution in [-0.2, 0) is 9.47 Å². The van der Waals surface area contributed by atoms with Crippen molar-refractivity contribution in [2.45, 2.75) is 52.1 Å². The van der Waals surface area contributed by atoms with Crippen molar-refractivity contribution in [3.05, 3.63) is 12.3 Å². The monoisotopic (exact) mass is 312 g/mol. The van der Waals surface area contributed by atoms with Crippen molar-refractivity contribution in [1.29, 1.82) is 0 Å². The van der Waals surface area contributed by atoms with E-state index in [1.807, 2.05) is 0 Å². The van der Waals surface area contributed by atoms with Gasteiger partial charge in [0.15, 0.2) is 0 Å². The maximum atomic E-state index is 6.08. The number of ether oxygens (including phenoxy) is 2. The Morgan fingerprint density at radius 3 is 2.50 bits per heavy atom. The molecule has 2 aliphatic rings. The highest BCUT2D eigenvalue weighted by Crippen LogP contribution is 2.20. The fraction of sp³-hybridized carbons (Fsp3) is 0.889. The molecule has 2 unspecified atom stereocenters. The summed E-state index contributed by atoms with van der Waals surface area (Å²) in [6, 6.07) is 0. The van der Waals surface area contributed by atoms with E-state index in [9.17, 15) is 0 Å². The van der Waals surface area contributed by atoms with Gasteiger partial charge in [-0.15, -0.1) is 0 Å². The van der Waals surface area contributed by atoms with Crippen molar-refractivity contribution < 1.29 is 9.47 Å². The molecule has 0 aromatic rings. The SMILES string of the molecule is C=C(OC(COC)CN1CCCCC1)C1CCNC1.CCC. The minimum Gasteiger partial charge on any atom is -0.491 e. The molecule has 0 aliphatic carbocycles. The van der Waals surface area contributed by atoms with Crippen LogP contribution in [0.3, 0.4) is 0 Å². The number of nitrogens with zero attached hydrogens (tertiary/aromatic N) is 1. The molecule has 2 aliphatic heterocycles. The van der Waals surface area contributed by atoms with E-state index in [1.165, 1.54) is 38.8 Å². The van der Waals surface area contributed by atoms with Crippen LogP contribution in [0.2, 0.25) is 0 Å². The Balaban J connectivity index is 0.000000745. The lowest BCUT2D eigenvalue weighted by Crippen LogP contribution is -2.39. The molecule has 2 heterocycles.